The number of rotatable bonds is 6. The van der Waals surface area contributed by atoms with E-state index in [-0.39, 0.29) is 57.8 Å². The minimum atomic E-state index is -0.379. The van der Waals surface area contributed by atoms with Gasteiger partial charge in [-0.2, -0.15) is 0 Å². The van der Waals surface area contributed by atoms with Crippen molar-refractivity contribution in [2.75, 3.05) is 7.11 Å². The first-order chi connectivity index (χ1) is 16.2. The molecule has 0 spiro atoms. The standard InChI is InChI=1S/C31H48O4/c1-19(27(34)35-8)17-21(32)18-20(2)29(5)15-16-31(7)23-9-11-24-28(3,4)26(33)13-14-30(24,6)22(23)10-12-25(29)31/h9,12,19-20,22,24,26,33H,10-11,13-18H2,1-8H3/t19-,20-,22-,24+,26-,29+,30-,31+/m1/s1. The molecule has 1 N–H and O–H groups in total. The van der Waals surface area contributed by atoms with E-state index < -0.39 is 0 Å². The van der Waals surface area contributed by atoms with Crippen LogP contribution in [0.5, 0.6) is 0 Å². The van der Waals surface area contributed by atoms with Gasteiger partial charge in [0, 0.05) is 18.3 Å². The van der Waals surface area contributed by atoms with E-state index in [9.17, 15) is 14.7 Å². The molecule has 8 atom stereocenters. The summed E-state index contributed by atoms with van der Waals surface area (Å²) in [6.07, 6.45) is 12.1. The number of Topliss-reactive ketones (excluding diaryl/α,β-unsaturated/α-hetero) is 1. The van der Waals surface area contributed by atoms with Crippen molar-refractivity contribution in [3.05, 3.63) is 23.3 Å². The fraction of sp³-hybridized carbons (Fsp3) is 0.806. The molecule has 0 heterocycles. The van der Waals surface area contributed by atoms with Gasteiger partial charge >= 0.3 is 5.97 Å². The number of ketones is 1. The van der Waals surface area contributed by atoms with Crippen molar-refractivity contribution >= 4 is 11.8 Å². The van der Waals surface area contributed by atoms with Crippen molar-refractivity contribution in [1.82, 2.24) is 0 Å². The summed E-state index contributed by atoms with van der Waals surface area (Å²) in [5, 5.41) is 10.8. The van der Waals surface area contributed by atoms with Crippen molar-refractivity contribution in [3.63, 3.8) is 0 Å². The van der Waals surface area contributed by atoms with Crippen LogP contribution in [0.15, 0.2) is 23.3 Å². The van der Waals surface area contributed by atoms with Crippen LogP contribution in [0.4, 0.5) is 0 Å². The Morgan fingerprint density at radius 2 is 1.71 bits per heavy atom. The normalized spacial score (nSPS) is 41.5. The predicted molar refractivity (Wildman–Crippen MR) is 140 cm³/mol. The van der Waals surface area contributed by atoms with Crippen LogP contribution in [-0.4, -0.2) is 30.1 Å². The summed E-state index contributed by atoms with van der Waals surface area (Å²) in [5.74, 6) is 0.765. The van der Waals surface area contributed by atoms with Gasteiger partial charge in [0.05, 0.1) is 19.1 Å². The highest BCUT2D eigenvalue weighted by Gasteiger charge is 2.61. The highest BCUT2D eigenvalue weighted by Crippen LogP contribution is 2.70. The third-order valence-electron chi connectivity index (χ3n) is 11.6. The number of fused-ring (bicyclic) bond motifs is 5. The largest absolute Gasteiger partial charge is 0.469 e. The molecule has 0 saturated heterocycles. The third-order valence-corrected chi connectivity index (χ3v) is 11.6. The Morgan fingerprint density at radius 1 is 1.03 bits per heavy atom. The van der Waals surface area contributed by atoms with Gasteiger partial charge in [-0.1, -0.05) is 71.8 Å². The molecular formula is C31H48O4. The van der Waals surface area contributed by atoms with Gasteiger partial charge in [0.25, 0.3) is 0 Å². The molecule has 0 aliphatic heterocycles. The second-order valence-electron chi connectivity index (χ2n) is 13.8. The summed E-state index contributed by atoms with van der Waals surface area (Å²) in [7, 11) is 1.38. The van der Waals surface area contributed by atoms with Crippen molar-refractivity contribution in [2.24, 2.45) is 45.3 Å². The molecule has 2 fully saturated rings. The predicted octanol–water partition coefficient (Wildman–Crippen LogP) is 6.67. The number of methoxy groups -OCH3 is 1. The lowest BCUT2D eigenvalue weighted by Gasteiger charge is -2.61. The molecule has 0 amide bonds. The highest BCUT2D eigenvalue weighted by atomic mass is 16.5. The Kier molecular flexibility index (Phi) is 6.74. The summed E-state index contributed by atoms with van der Waals surface area (Å²) in [6, 6.07) is 0. The molecule has 4 nitrogen and oxygen atoms in total. The van der Waals surface area contributed by atoms with Crippen molar-refractivity contribution in [3.8, 4) is 0 Å². The Bertz CT molecular complexity index is 944. The first-order valence-corrected chi connectivity index (χ1v) is 13.9. The van der Waals surface area contributed by atoms with Crippen LogP contribution in [0.2, 0.25) is 0 Å². The van der Waals surface area contributed by atoms with Crippen LogP contribution in [0.25, 0.3) is 0 Å². The lowest BCUT2D eigenvalue weighted by atomic mass is 9.44. The van der Waals surface area contributed by atoms with Gasteiger partial charge in [-0.3, -0.25) is 9.59 Å². The summed E-state index contributed by atoms with van der Waals surface area (Å²) in [5.41, 5.74) is 3.43. The van der Waals surface area contributed by atoms with Gasteiger partial charge in [0.15, 0.2) is 0 Å². The van der Waals surface area contributed by atoms with E-state index >= 15 is 0 Å². The molecule has 4 aliphatic carbocycles. The average Bonchev–Trinajstić information content (AvgIpc) is 3.08. The quantitative estimate of drug-likeness (QED) is 0.338. The van der Waals surface area contributed by atoms with E-state index in [1.807, 2.05) is 0 Å². The second kappa shape index (κ2) is 8.85. The molecule has 0 unspecified atom stereocenters. The maximum Gasteiger partial charge on any atom is 0.308 e. The van der Waals surface area contributed by atoms with Gasteiger partial charge in [0.1, 0.15) is 5.78 Å². The third kappa shape index (κ3) is 3.97. The lowest BCUT2D eigenvalue weighted by molar-refractivity contribution is -0.146. The van der Waals surface area contributed by atoms with Crippen LogP contribution in [0, 0.1) is 45.3 Å². The number of carbonyl (C=O) groups is 2. The van der Waals surface area contributed by atoms with Crippen LogP contribution in [-0.2, 0) is 14.3 Å². The van der Waals surface area contributed by atoms with Crippen LogP contribution in [0.3, 0.4) is 0 Å². The number of esters is 1. The van der Waals surface area contributed by atoms with Crippen LogP contribution >= 0.6 is 0 Å². The van der Waals surface area contributed by atoms with E-state index in [1.165, 1.54) is 7.11 Å². The summed E-state index contributed by atoms with van der Waals surface area (Å²) in [4.78, 5) is 24.7. The smallest absolute Gasteiger partial charge is 0.308 e. The number of hydrogen-bond donors (Lipinski definition) is 1. The van der Waals surface area contributed by atoms with E-state index in [0.29, 0.717) is 18.3 Å². The van der Waals surface area contributed by atoms with Gasteiger partial charge in [-0.25, -0.2) is 0 Å². The first-order valence-electron chi connectivity index (χ1n) is 13.9. The molecule has 2 saturated carbocycles. The monoisotopic (exact) mass is 484 g/mol. The molecular weight excluding hydrogens is 436 g/mol. The maximum atomic E-state index is 12.9. The Labute approximate surface area is 213 Å². The van der Waals surface area contributed by atoms with E-state index in [0.717, 1.165) is 38.5 Å². The van der Waals surface area contributed by atoms with Crippen molar-refractivity contribution in [2.45, 2.75) is 106 Å². The Morgan fingerprint density at radius 3 is 2.37 bits per heavy atom. The van der Waals surface area contributed by atoms with Crippen molar-refractivity contribution < 1.29 is 19.4 Å². The van der Waals surface area contributed by atoms with E-state index in [2.05, 4.69) is 53.7 Å². The average molecular weight is 485 g/mol. The molecule has 0 bridgehead atoms. The molecule has 4 aliphatic rings. The van der Waals surface area contributed by atoms with E-state index in [4.69, 9.17) is 4.74 Å². The minimum absolute atomic E-state index is 0.00447. The SMILES string of the molecule is COC(=O)[C@H](C)CC(=O)C[C@@H](C)[C@]1(C)CC[C@@]2(C)C3=CC[C@H]4C(C)(C)[C@H](O)CC[C@]4(C)[C@@H]3CC=C21. The highest BCUT2D eigenvalue weighted by molar-refractivity contribution is 5.84. The first kappa shape index (κ1) is 26.6. The summed E-state index contributed by atoms with van der Waals surface area (Å²) < 4.78 is 4.82. The molecule has 0 aromatic rings. The topological polar surface area (TPSA) is 63.6 Å². The minimum Gasteiger partial charge on any atom is -0.469 e. The Hall–Kier alpha value is -1.42. The molecule has 0 aromatic heterocycles. The zero-order valence-electron chi connectivity index (χ0n) is 23.4. The van der Waals surface area contributed by atoms with Gasteiger partial charge in [0.2, 0.25) is 0 Å². The maximum absolute atomic E-state index is 12.9. The number of aliphatic hydroxyl groups excluding tert-OH is 1. The molecule has 35 heavy (non-hydrogen) atoms. The number of aliphatic hydroxyl groups is 1. The number of ether oxygens (including phenoxy) is 1. The summed E-state index contributed by atoms with van der Waals surface area (Å²) >= 11 is 0. The zero-order valence-corrected chi connectivity index (χ0v) is 23.4. The molecule has 196 valence electrons. The van der Waals surface area contributed by atoms with E-state index in [1.54, 1.807) is 18.1 Å². The summed E-state index contributed by atoms with van der Waals surface area (Å²) in [6.45, 7) is 15.9. The van der Waals surface area contributed by atoms with Crippen molar-refractivity contribution in [1.29, 1.82) is 0 Å². The van der Waals surface area contributed by atoms with Gasteiger partial charge in [-0.15, -0.1) is 0 Å². The fourth-order valence-electron chi connectivity index (χ4n) is 9.01. The number of carbonyl (C=O) groups excluding carboxylic acids is 2. The van der Waals surface area contributed by atoms with Gasteiger partial charge in [-0.05, 0) is 72.5 Å². The molecule has 4 heteroatoms. The Balaban J connectivity index is 1.57. The van der Waals surface area contributed by atoms with Crippen LogP contribution in [0.1, 0.15) is 99.8 Å². The van der Waals surface area contributed by atoms with Crippen LogP contribution < -0.4 is 0 Å². The molecule has 4 rings (SSSR count). The number of hydrogen-bond acceptors (Lipinski definition) is 4. The molecule has 0 aromatic carbocycles. The second-order valence-corrected chi connectivity index (χ2v) is 13.8. The lowest BCUT2D eigenvalue weighted by Crippen LogP contribution is -2.55. The molecule has 0 radical (unpaired) electrons. The van der Waals surface area contributed by atoms with Gasteiger partial charge < -0.3 is 9.84 Å². The number of allylic oxidation sites excluding steroid dienone is 4. The fourth-order valence-corrected chi connectivity index (χ4v) is 9.01. The zero-order chi connectivity index (χ0) is 26.0.